The van der Waals surface area contributed by atoms with Crippen molar-refractivity contribution in [3.63, 3.8) is 0 Å². The van der Waals surface area contributed by atoms with Crippen molar-refractivity contribution in [2.75, 3.05) is 0 Å². The first-order valence-electron chi connectivity index (χ1n) is 10.9. The summed E-state index contributed by atoms with van der Waals surface area (Å²) in [6.45, 7) is 6.36. The highest BCUT2D eigenvalue weighted by atomic mass is 32.2. The van der Waals surface area contributed by atoms with Crippen LogP contribution in [0.2, 0.25) is 0 Å². The number of benzene rings is 2. The lowest BCUT2D eigenvalue weighted by molar-refractivity contribution is -0.150. The third-order valence-corrected chi connectivity index (χ3v) is 8.51. The summed E-state index contributed by atoms with van der Waals surface area (Å²) in [6.07, 6.45) is 1.13. The third-order valence-electron chi connectivity index (χ3n) is 6.32. The molecule has 168 valence electrons. The maximum atomic E-state index is 13.5. The number of nitrogens with zero attached hydrogens (tertiary/aromatic N) is 1. The van der Waals surface area contributed by atoms with Gasteiger partial charge in [-0.3, -0.25) is 10.1 Å². The molecule has 0 spiro atoms. The number of esters is 1. The predicted molar refractivity (Wildman–Crippen MR) is 121 cm³/mol. The second-order valence-electron chi connectivity index (χ2n) is 9.73. The number of hydrogen-bond acceptors (Lipinski definition) is 6. The van der Waals surface area contributed by atoms with Crippen molar-refractivity contribution >= 4 is 15.8 Å². The highest BCUT2D eigenvalue weighted by molar-refractivity contribution is 7.92. The van der Waals surface area contributed by atoms with Gasteiger partial charge in [-0.05, 0) is 35.1 Å². The largest absolute Gasteiger partial charge is 0.442 e. The van der Waals surface area contributed by atoms with Crippen molar-refractivity contribution in [3.05, 3.63) is 65.7 Å². The fourth-order valence-electron chi connectivity index (χ4n) is 4.13. The minimum absolute atomic E-state index is 0.0284. The molecule has 3 atom stereocenters. The molecule has 0 bridgehead atoms. The van der Waals surface area contributed by atoms with E-state index in [2.05, 4.69) is 26.1 Å². The summed E-state index contributed by atoms with van der Waals surface area (Å²) < 4.78 is 32.5. The Kier molecular flexibility index (Phi) is 5.64. The van der Waals surface area contributed by atoms with Gasteiger partial charge in [-0.2, -0.15) is 5.26 Å². The van der Waals surface area contributed by atoms with Crippen LogP contribution >= 0.6 is 0 Å². The van der Waals surface area contributed by atoms with Gasteiger partial charge >= 0.3 is 5.97 Å². The SMILES string of the molecule is CC(C)(C)c1ccc(C2NC(C(=O)OC3(C#N)CC3)CC2S(=O)(=O)c2ccccc2)cc1. The topological polar surface area (TPSA) is 96.3 Å². The smallest absolute Gasteiger partial charge is 0.324 e. The van der Waals surface area contributed by atoms with E-state index in [0.717, 1.165) is 11.1 Å². The van der Waals surface area contributed by atoms with Crippen molar-refractivity contribution in [1.82, 2.24) is 5.32 Å². The van der Waals surface area contributed by atoms with Crippen molar-refractivity contribution in [2.24, 2.45) is 0 Å². The van der Waals surface area contributed by atoms with Gasteiger partial charge in [-0.15, -0.1) is 0 Å². The zero-order valence-electron chi connectivity index (χ0n) is 18.5. The van der Waals surface area contributed by atoms with E-state index in [9.17, 15) is 18.5 Å². The summed E-state index contributed by atoms with van der Waals surface area (Å²) in [7, 11) is -3.71. The van der Waals surface area contributed by atoms with E-state index in [1.807, 2.05) is 30.3 Å². The molecular formula is C25H28N2O4S. The van der Waals surface area contributed by atoms with Crippen LogP contribution in [0.1, 0.15) is 57.2 Å². The lowest BCUT2D eigenvalue weighted by Gasteiger charge is -2.23. The third kappa shape index (κ3) is 4.30. The molecule has 2 aromatic rings. The van der Waals surface area contributed by atoms with Crippen molar-refractivity contribution < 1.29 is 17.9 Å². The fraction of sp³-hybridized carbons (Fsp3) is 0.440. The minimum atomic E-state index is -3.71. The maximum Gasteiger partial charge on any atom is 0.324 e. The molecule has 32 heavy (non-hydrogen) atoms. The first kappa shape index (κ1) is 22.5. The second-order valence-corrected chi connectivity index (χ2v) is 11.9. The molecule has 7 heteroatoms. The quantitative estimate of drug-likeness (QED) is 0.693. The van der Waals surface area contributed by atoms with E-state index in [-0.39, 0.29) is 16.7 Å². The summed E-state index contributed by atoms with van der Waals surface area (Å²) in [6, 6.07) is 16.9. The van der Waals surface area contributed by atoms with Crippen LogP contribution in [0.4, 0.5) is 0 Å². The Hall–Kier alpha value is -2.69. The van der Waals surface area contributed by atoms with Gasteiger partial charge in [0.05, 0.1) is 16.2 Å². The molecule has 2 aromatic carbocycles. The molecule has 1 saturated carbocycles. The van der Waals surface area contributed by atoms with Gasteiger partial charge < -0.3 is 4.74 Å². The monoisotopic (exact) mass is 452 g/mol. The molecule has 1 saturated heterocycles. The van der Waals surface area contributed by atoms with Gasteiger partial charge in [0.1, 0.15) is 12.1 Å². The molecule has 0 amide bonds. The average Bonchev–Trinajstić information content (AvgIpc) is 3.39. The van der Waals surface area contributed by atoms with Gasteiger partial charge in [0.25, 0.3) is 0 Å². The Morgan fingerprint density at radius 2 is 1.72 bits per heavy atom. The Morgan fingerprint density at radius 3 is 2.25 bits per heavy atom. The van der Waals surface area contributed by atoms with Crippen LogP contribution in [-0.4, -0.2) is 31.3 Å². The van der Waals surface area contributed by atoms with E-state index in [1.165, 1.54) is 0 Å². The number of nitrogens with one attached hydrogen (secondary N) is 1. The summed E-state index contributed by atoms with van der Waals surface area (Å²) in [5.41, 5.74) is 0.875. The van der Waals surface area contributed by atoms with E-state index < -0.39 is 38.7 Å². The van der Waals surface area contributed by atoms with Crippen molar-refractivity contribution in [2.45, 2.75) is 73.3 Å². The first-order chi connectivity index (χ1) is 15.1. The molecule has 4 rings (SSSR count). The van der Waals surface area contributed by atoms with Gasteiger partial charge in [0, 0.05) is 12.8 Å². The lowest BCUT2D eigenvalue weighted by Crippen LogP contribution is -2.36. The number of carbonyl (C=O) groups is 1. The second kappa shape index (κ2) is 8.02. The van der Waals surface area contributed by atoms with Gasteiger partial charge in [-0.1, -0.05) is 63.2 Å². The number of nitriles is 1. The summed E-state index contributed by atoms with van der Waals surface area (Å²) in [5, 5.41) is 11.6. The van der Waals surface area contributed by atoms with E-state index in [1.54, 1.807) is 30.3 Å². The number of sulfone groups is 1. The molecule has 6 nitrogen and oxygen atoms in total. The average molecular weight is 453 g/mol. The first-order valence-corrected chi connectivity index (χ1v) is 12.4. The molecule has 2 aliphatic rings. The normalized spacial score (nSPS) is 24.5. The highest BCUT2D eigenvalue weighted by Crippen LogP contribution is 2.41. The number of hydrogen-bond donors (Lipinski definition) is 1. The summed E-state index contributed by atoms with van der Waals surface area (Å²) >= 11 is 0. The standard InChI is InChI=1S/C25H28N2O4S/c1-24(2,3)18-11-9-17(10-12-18)22-21(32(29,30)19-7-5-4-6-8-19)15-20(27-22)23(28)31-25(16-26)13-14-25/h4-12,20-22,27H,13-15H2,1-3H3. The number of ether oxygens (including phenoxy) is 1. The van der Waals surface area contributed by atoms with Crippen LogP contribution < -0.4 is 5.32 Å². The molecule has 0 aromatic heterocycles. The Morgan fingerprint density at radius 1 is 1.09 bits per heavy atom. The van der Waals surface area contributed by atoms with Crippen LogP contribution in [0.25, 0.3) is 0 Å². The maximum absolute atomic E-state index is 13.5. The number of rotatable bonds is 5. The van der Waals surface area contributed by atoms with Crippen LogP contribution in [0, 0.1) is 11.3 Å². The molecule has 1 aliphatic carbocycles. The minimum Gasteiger partial charge on any atom is -0.442 e. The van der Waals surface area contributed by atoms with Gasteiger partial charge in [-0.25, -0.2) is 8.42 Å². The lowest BCUT2D eigenvalue weighted by atomic mass is 9.86. The van der Waals surface area contributed by atoms with Gasteiger partial charge in [0.2, 0.25) is 0 Å². The fourth-order valence-corrected chi connectivity index (χ4v) is 6.06. The van der Waals surface area contributed by atoms with Crippen LogP contribution in [-0.2, 0) is 24.8 Å². The molecule has 0 radical (unpaired) electrons. The Balaban J connectivity index is 1.66. The molecule has 1 heterocycles. The van der Waals surface area contributed by atoms with Gasteiger partial charge in [0.15, 0.2) is 15.4 Å². The molecule has 2 fully saturated rings. The Labute approximate surface area is 189 Å². The van der Waals surface area contributed by atoms with Crippen LogP contribution in [0.15, 0.2) is 59.5 Å². The molecular weight excluding hydrogens is 424 g/mol. The van der Waals surface area contributed by atoms with Crippen molar-refractivity contribution in [1.29, 1.82) is 5.26 Å². The number of carbonyl (C=O) groups excluding carboxylic acids is 1. The zero-order chi connectivity index (χ0) is 23.1. The summed E-state index contributed by atoms with van der Waals surface area (Å²) in [5.74, 6) is -0.564. The van der Waals surface area contributed by atoms with E-state index in [4.69, 9.17) is 4.74 Å². The molecule has 3 unspecified atom stereocenters. The summed E-state index contributed by atoms with van der Waals surface area (Å²) in [4.78, 5) is 13.0. The molecule has 1 aliphatic heterocycles. The zero-order valence-corrected chi connectivity index (χ0v) is 19.4. The molecule has 1 N–H and O–H groups in total. The van der Waals surface area contributed by atoms with Crippen molar-refractivity contribution in [3.8, 4) is 6.07 Å². The van der Waals surface area contributed by atoms with E-state index in [0.29, 0.717) is 12.8 Å². The highest BCUT2D eigenvalue weighted by Gasteiger charge is 2.51. The van der Waals surface area contributed by atoms with Crippen LogP contribution in [0.3, 0.4) is 0 Å². The van der Waals surface area contributed by atoms with Crippen LogP contribution in [0.5, 0.6) is 0 Å². The Bertz CT molecular complexity index is 1140. The van der Waals surface area contributed by atoms with E-state index >= 15 is 0 Å². The predicted octanol–water partition coefficient (Wildman–Crippen LogP) is 3.83.